The Morgan fingerprint density at radius 1 is 1.26 bits per heavy atom. The standard InChI is InChI=1S/C11H9F4N3O/c1-5(16)9-17-18-10(19-9)7-4-6(11(13,14)15)2-3-8(7)12/h2-5H,16H2,1H3. The lowest BCUT2D eigenvalue weighted by Crippen LogP contribution is -2.05. The summed E-state index contributed by atoms with van der Waals surface area (Å²) in [7, 11) is 0. The van der Waals surface area contributed by atoms with E-state index in [9.17, 15) is 17.6 Å². The summed E-state index contributed by atoms with van der Waals surface area (Å²) in [5.41, 5.74) is 4.07. The Morgan fingerprint density at radius 3 is 2.47 bits per heavy atom. The van der Waals surface area contributed by atoms with Crippen molar-refractivity contribution >= 4 is 0 Å². The second-order valence-corrected chi connectivity index (χ2v) is 3.93. The Kier molecular flexibility index (Phi) is 3.27. The molecule has 0 saturated carbocycles. The van der Waals surface area contributed by atoms with Gasteiger partial charge in [-0.2, -0.15) is 13.2 Å². The zero-order valence-electron chi connectivity index (χ0n) is 9.70. The third-order valence-corrected chi connectivity index (χ3v) is 2.35. The number of rotatable bonds is 2. The minimum absolute atomic E-state index is 0.0202. The lowest BCUT2D eigenvalue weighted by atomic mass is 10.1. The van der Waals surface area contributed by atoms with Crippen LogP contribution in [-0.2, 0) is 6.18 Å². The van der Waals surface area contributed by atoms with E-state index in [4.69, 9.17) is 10.2 Å². The molecule has 102 valence electrons. The lowest BCUT2D eigenvalue weighted by Gasteiger charge is -2.07. The lowest BCUT2D eigenvalue weighted by molar-refractivity contribution is -0.137. The van der Waals surface area contributed by atoms with Crippen molar-refractivity contribution in [3.8, 4) is 11.5 Å². The van der Waals surface area contributed by atoms with Crippen LogP contribution in [-0.4, -0.2) is 10.2 Å². The summed E-state index contributed by atoms with van der Waals surface area (Å²) in [6.07, 6.45) is -4.58. The molecule has 0 bridgehead atoms. The molecule has 1 aromatic carbocycles. The van der Waals surface area contributed by atoms with Crippen LogP contribution >= 0.6 is 0 Å². The molecule has 4 nitrogen and oxygen atoms in total. The summed E-state index contributed by atoms with van der Waals surface area (Å²) in [6, 6.07) is 1.37. The van der Waals surface area contributed by atoms with E-state index in [1.165, 1.54) is 0 Å². The van der Waals surface area contributed by atoms with Gasteiger partial charge < -0.3 is 10.2 Å². The zero-order chi connectivity index (χ0) is 14.2. The van der Waals surface area contributed by atoms with Crippen LogP contribution in [0.4, 0.5) is 17.6 Å². The highest BCUT2D eigenvalue weighted by molar-refractivity contribution is 5.55. The molecule has 1 aromatic heterocycles. The van der Waals surface area contributed by atoms with Gasteiger partial charge in [0.05, 0.1) is 17.2 Å². The normalized spacial score (nSPS) is 13.6. The molecule has 19 heavy (non-hydrogen) atoms. The second-order valence-electron chi connectivity index (χ2n) is 3.93. The quantitative estimate of drug-likeness (QED) is 0.856. The fourth-order valence-corrected chi connectivity index (χ4v) is 1.39. The Balaban J connectivity index is 2.48. The van der Waals surface area contributed by atoms with Crippen molar-refractivity contribution in [1.29, 1.82) is 0 Å². The third-order valence-electron chi connectivity index (χ3n) is 2.35. The smallest absolute Gasteiger partial charge is 0.416 e. The predicted octanol–water partition coefficient (Wildman–Crippen LogP) is 2.91. The molecule has 1 heterocycles. The van der Waals surface area contributed by atoms with Crippen LogP contribution in [0.25, 0.3) is 11.5 Å². The average Bonchev–Trinajstić information content (AvgIpc) is 2.77. The topological polar surface area (TPSA) is 64.9 Å². The van der Waals surface area contributed by atoms with Crippen LogP contribution in [0.15, 0.2) is 22.6 Å². The van der Waals surface area contributed by atoms with Crippen molar-refractivity contribution in [2.24, 2.45) is 5.73 Å². The monoisotopic (exact) mass is 275 g/mol. The SMILES string of the molecule is CC(N)c1nnc(-c2cc(C(F)(F)F)ccc2F)o1. The molecule has 2 rings (SSSR count). The van der Waals surface area contributed by atoms with Gasteiger partial charge in [0.15, 0.2) is 0 Å². The van der Waals surface area contributed by atoms with Crippen LogP contribution < -0.4 is 5.73 Å². The van der Waals surface area contributed by atoms with Gasteiger partial charge in [0.25, 0.3) is 5.89 Å². The van der Waals surface area contributed by atoms with Crippen molar-refractivity contribution in [2.45, 2.75) is 19.1 Å². The number of nitrogens with zero attached hydrogens (tertiary/aromatic N) is 2. The largest absolute Gasteiger partial charge is 0.419 e. The Labute approximate surface area is 105 Å². The zero-order valence-corrected chi connectivity index (χ0v) is 9.70. The number of hydrogen-bond acceptors (Lipinski definition) is 4. The van der Waals surface area contributed by atoms with Gasteiger partial charge in [-0.05, 0) is 25.1 Å². The maximum atomic E-state index is 13.5. The number of alkyl halides is 3. The molecule has 0 aliphatic rings. The molecule has 2 aromatic rings. The van der Waals surface area contributed by atoms with E-state index in [0.717, 1.165) is 0 Å². The highest BCUT2D eigenvalue weighted by atomic mass is 19.4. The van der Waals surface area contributed by atoms with Crippen molar-refractivity contribution in [3.63, 3.8) is 0 Å². The molecule has 1 unspecified atom stereocenters. The minimum atomic E-state index is -4.58. The third kappa shape index (κ3) is 2.73. The van der Waals surface area contributed by atoms with Crippen molar-refractivity contribution < 1.29 is 22.0 Å². The van der Waals surface area contributed by atoms with E-state index >= 15 is 0 Å². The molecule has 0 fully saturated rings. The van der Waals surface area contributed by atoms with E-state index < -0.39 is 29.2 Å². The first-order valence-corrected chi connectivity index (χ1v) is 5.25. The summed E-state index contributed by atoms with van der Waals surface area (Å²) >= 11 is 0. The van der Waals surface area contributed by atoms with Crippen LogP contribution in [0.2, 0.25) is 0 Å². The highest BCUT2D eigenvalue weighted by Gasteiger charge is 2.32. The fraction of sp³-hybridized carbons (Fsp3) is 0.273. The molecule has 2 N–H and O–H groups in total. The van der Waals surface area contributed by atoms with E-state index in [0.29, 0.717) is 18.2 Å². The molecule has 0 aliphatic carbocycles. The number of benzene rings is 1. The Morgan fingerprint density at radius 2 is 1.95 bits per heavy atom. The van der Waals surface area contributed by atoms with Gasteiger partial charge in [-0.25, -0.2) is 4.39 Å². The van der Waals surface area contributed by atoms with E-state index in [1.807, 2.05) is 0 Å². The van der Waals surface area contributed by atoms with E-state index in [2.05, 4.69) is 10.2 Å². The molecule has 0 amide bonds. The Bertz CT molecular complexity index is 592. The van der Waals surface area contributed by atoms with Crippen LogP contribution in [0.5, 0.6) is 0 Å². The van der Waals surface area contributed by atoms with Gasteiger partial charge in [-0.1, -0.05) is 0 Å². The summed E-state index contributed by atoms with van der Waals surface area (Å²) in [6.45, 7) is 1.56. The van der Waals surface area contributed by atoms with Gasteiger partial charge in [0, 0.05) is 0 Å². The molecule has 0 spiro atoms. The summed E-state index contributed by atoms with van der Waals surface area (Å²) in [5.74, 6) is -1.20. The number of halogens is 4. The number of aromatic nitrogens is 2. The Hall–Kier alpha value is -1.96. The van der Waals surface area contributed by atoms with Gasteiger partial charge in [0.1, 0.15) is 5.82 Å². The maximum Gasteiger partial charge on any atom is 0.416 e. The van der Waals surface area contributed by atoms with Crippen LogP contribution in [0.3, 0.4) is 0 Å². The first kappa shape index (κ1) is 13.5. The second kappa shape index (κ2) is 4.61. The van der Waals surface area contributed by atoms with Crippen LogP contribution in [0, 0.1) is 5.82 Å². The maximum absolute atomic E-state index is 13.5. The van der Waals surface area contributed by atoms with E-state index in [1.54, 1.807) is 6.92 Å². The summed E-state index contributed by atoms with van der Waals surface area (Å²) in [4.78, 5) is 0. The molecule has 0 aliphatic heterocycles. The number of hydrogen-bond donors (Lipinski definition) is 1. The molecule has 1 atom stereocenters. The van der Waals surface area contributed by atoms with Gasteiger partial charge in [-0.15, -0.1) is 10.2 Å². The molecular weight excluding hydrogens is 266 g/mol. The van der Waals surface area contributed by atoms with Crippen LogP contribution in [0.1, 0.15) is 24.4 Å². The molecule has 0 saturated heterocycles. The molecular formula is C11H9F4N3O. The van der Waals surface area contributed by atoms with E-state index in [-0.39, 0.29) is 11.8 Å². The molecule has 8 heteroatoms. The fourth-order valence-electron chi connectivity index (χ4n) is 1.39. The molecule has 0 radical (unpaired) electrons. The predicted molar refractivity (Wildman–Crippen MR) is 57.3 cm³/mol. The summed E-state index contributed by atoms with van der Waals surface area (Å²) < 4.78 is 56.2. The first-order chi connectivity index (χ1) is 8.79. The number of nitrogens with two attached hydrogens (primary N) is 1. The minimum Gasteiger partial charge on any atom is -0.419 e. The van der Waals surface area contributed by atoms with Gasteiger partial charge in [-0.3, -0.25) is 0 Å². The average molecular weight is 275 g/mol. The summed E-state index contributed by atoms with van der Waals surface area (Å²) in [5, 5.41) is 7.02. The van der Waals surface area contributed by atoms with Crippen molar-refractivity contribution in [1.82, 2.24) is 10.2 Å². The van der Waals surface area contributed by atoms with Gasteiger partial charge >= 0.3 is 6.18 Å². The highest BCUT2D eigenvalue weighted by Crippen LogP contribution is 2.33. The first-order valence-electron chi connectivity index (χ1n) is 5.25. The van der Waals surface area contributed by atoms with Crippen molar-refractivity contribution in [3.05, 3.63) is 35.5 Å². The van der Waals surface area contributed by atoms with Crippen molar-refractivity contribution in [2.75, 3.05) is 0 Å². The van der Waals surface area contributed by atoms with Gasteiger partial charge in [0.2, 0.25) is 5.89 Å².